The van der Waals surface area contributed by atoms with Gasteiger partial charge in [-0.2, -0.15) is 18.4 Å². The van der Waals surface area contributed by atoms with Gasteiger partial charge in [0.1, 0.15) is 0 Å². The van der Waals surface area contributed by atoms with Gasteiger partial charge in [-0.25, -0.2) is 0 Å². The van der Waals surface area contributed by atoms with E-state index in [2.05, 4.69) is 5.32 Å². The van der Waals surface area contributed by atoms with Crippen molar-refractivity contribution in [1.82, 2.24) is 0 Å². The highest BCUT2D eigenvalue weighted by molar-refractivity contribution is 6.06. The molecule has 1 heterocycles. The van der Waals surface area contributed by atoms with Crippen molar-refractivity contribution in [3.8, 4) is 6.07 Å². The van der Waals surface area contributed by atoms with E-state index >= 15 is 0 Å². The van der Waals surface area contributed by atoms with Crippen LogP contribution < -0.4 is 10.2 Å². The average molecular weight is 443 g/mol. The molecule has 168 valence electrons. The van der Waals surface area contributed by atoms with Crippen LogP contribution in [0.1, 0.15) is 42.5 Å². The number of carbonyl (C=O) groups excluding carboxylic acids is 2. The third-order valence-corrected chi connectivity index (χ3v) is 6.12. The van der Waals surface area contributed by atoms with Crippen molar-refractivity contribution in [2.45, 2.75) is 40.3 Å². The van der Waals surface area contributed by atoms with Crippen LogP contribution in [0.3, 0.4) is 0 Å². The highest BCUT2D eigenvalue weighted by atomic mass is 19.4. The Hall–Kier alpha value is -3.34. The van der Waals surface area contributed by atoms with Gasteiger partial charge in [-0.05, 0) is 49.1 Å². The molecule has 2 amide bonds. The standard InChI is InChI=1S/C24H24F3N3O2/c1-14(2)23(11-20(31)30(13-23)21-15(3)6-5-7-16(21)4)22(32)29-19-9-17(12-28)8-18(10-19)24(25,26)27/h5-10,14H,11,13H2,1-4H3,(H,29,32). The molecule has 0 radical (unpaired) electrons. The van der Waals surface area contributed by atoms with E-state index in [1.54, 1.807) is 11.0 Å². The number of para-hydroxylation sites is 1. The summed E-state index contributed by atoms with van der Waals surface area (Å²) in [5.41, 5.74) is 0.0496. The Labute approximate surface area is 184 Å². The zero-order valence-corrected chi connectivity index (χ0v) is 18.3. The van der Waals surface area contributed by atoms with Crippen LogP contribution in [0.25, 0.3) is 0 Å². The van der Waals surface area contributed by atoms with Crippen molar-refractivity contribution in [2.24, 2.45) is 11.3 Å². The zero-order valence-electron chi connectivity index (χ0n) is 18.3. The smallest absolute Gasteiger partial charge is 0.325 e. The average Bonchev–Trinajstić information content (AvgIpc) is 3.05. The number of hydrogen-bond acceptors (Lipinski definition) is 3. The van der Waals surface area contributed by atoms with Crippen LogP contribution in [-0.4, -0.2) is 18.4 Å². The number of halogens is 3. The number of carbonyl (C=O) groups is 2. The van der Waals surface area contributed by atoms with Crippen LogP contribution in [0.4, 0.5) is 24.5 Å². The molecule has 1 aliphatic heterocycles. The maximum Gasteiger partial charge on any atom is 0.416 e. The lowest BCUT2D eigenvalue weighted by Gasteiger charge is -2.32. The van der Waals surface area contributed by atoms with Gasteiger partial charge in [0.25, 0.3) is 0 Å². The summed E-state index contributed by atoms with van der Waals surface area (Å²) in [4.78, 5) is 28.0. The Kier molecular flexibility index (Phi) is 6.05. The van der Waals surface area contributed by atoms with Crippen molar-refractivity contribution < 1.29 is 22.8 Å². The maximum absolute atomic E-state index is 13.4. The van der Waals surface area contributed by atoms with Gasteiger partial charge in [0.05, 0.1) is 22.6 Å². The number of nitrogens with one attached hydrogen (secondary N) is 1. The molecule has 1 unspecified atom stereocenters. The molecule has 5 nitrogen and oxygen atoms in total. The molecule has 1 N–H and O–H groups in total. The first-order valence-corrected chi connectivity index (χ1v) is 10.2. The number of benzene rings is 2. The Balaban J connectivity index is 1.97. The molecule has 2 aromatic rings. The van der Waals surface area contributed by atoms with Gasteiger partial charge in [0, 0.05) is 24.3 Å². The fraction of sp³-hybridized carbons (Fsp3) is 0.375. The summed E-state index contributed by atoms with van der Waals surface area (Å²) in [6.45, 7) is 7.52. The van der Waals surface area contributed by atoms with E-state index in [0.29, 0.717) is 0 Å². The lowest BCUT2D eigenvalue weighted by molar-refractivity contribution is -0.137. The Bertz CT molecular complexity index is 1100. The van der Waals surface area contributed by atoms with Gasteiger partial charge in [-0.1, -0.05) is 32.0 Å². The van der Waals surface area contributed by atoms with Crippen LogP contribution in [0.15, 0.2) is 36.4 Å². The Morgan fingerprint density at radius 2 is 1.81 bits per heavy atom. The van der Waals surface area contributed by atoms with Crippen LogP contribution in [0, 0.1) is 36.5 Å². The fourth-order valence-corrected chi connectivity index (χ4v) is 4.21. The Morgan fingerprint density at radius 1 is 1.19 bits per heavy atom. The minimum Gasteiger partial charge on any atom is -0.325 e. The quantitative estimate of drug-likeness (QED) is 0.705. The number of anilines is 2. The van der Waals surface area contributed by atoms with E-state index in [0.717, 1.165) is 28.9 Å². The molecule has 1 atom stereocenters. The predicted molar refractivity (Wildman–Crippen MR) is 115 cm³/mol. The topological polar surface area (TPSA) is 73.2 Å². The first-order valence-electron chi connectivity index (χ1n) is 10.2. The van der Waals surface area contributed by atoms with Gasteiger partial charge in [-0.15, -0.1) is 0 Å². The first-order chi connectivity index (χ1) is 14.9. The third-order valence-electron chi connectivity index (χ3n) is 6.12. The van der Waals surface area contributed by atoms with Crippen molar-refractivity contribution in [1.29, 1.82) is 5.26 Å². The summed E-state index contributed by atoms with van der Waals surface area (Å²) in [6.07, 6.45) is -4.72. The number of alkyl halides is 3. The third kappa shape index (κ3) is 4.20. The van der Waals surface area contributed by atoms with Gasteiger partial charge < -0.3 is 10.2 Å². The summed E-state index contributed by atoms with van der Waals surface area (Å²) in [5.74, 6) is -1.02. The number of aryl methyl sites for hydroxylation is 2. The predicted octanol–water partition coefficient (Wildman–Crippen LogP) is 5.21. The van der Waals surface area contributed by atoms with Gasteiger partial charge in [0.15, 0.2) is 0 Å². The van der Waals surface area contributed by atoms with Gasteiger partial charge >= 0.3 is 6.18 Å². The van der Waals surface area contributed by atoms with E-state index in [-0.39, 0.29) is 36.0 Å². The van der Waals surface area contributed by atoms with Crippen molar-refractivity contribution >= 4 is 23.2 Å². The van der Waals surface area contributed by atoms with E-state index in [4.69, 9.17) is 5.26 Å². The van der Waals surface area contributed by atoms with Crippen LogP contribution in [-0.2, 0) is 15.8 Å². The highest BCUT2D eigenvalue weighted by Gasteiger charge is 2.51. The first kappa shape index (κ1) is 23.3. The minimum absolute atomic E-state index is 0.0612. The van der Waals surface area contributed by atoms with Crippen molar-refractivity contribution in [2.75, 3.05) is 16.8 Å². The summed E-state index contributed by atoms with van der Waals surface area (Å²) in [5, 5.41) is 11.6. The molecule has 8 heteroatoms. The van der Waals surface area contributed by atoms with Crippen molar-refractivity contribution in [3.05, 3.63) is 58.7 Å². The van der Waals surface area contributed by atoms with E-state index in [1.807, 2.05) is 45.9 Å². The molecular formula is C24H24F3N3O2. The number of nitriles is 1. The fourth-order valence-electron chi connectivity index (χ4n) is 4.21. The molecule has 1 aliphatic rings. The van der Waals surface area contributed by atoms with Crippen LogP contribution >= 0.6 is 0 Å². The number of hydrogen-bond donors (Lipinski definition) is 1. The van der Waals surface area contributed by atoms with E-state index in [9.17, 15) is 22.8 Å². The van der Waals surface area contributed by atoms with E-state index in [1.165, 1.54) is 6.07 Å². The molecule has 0 spiro atoms. The largest absolute Gasteiger partial charge is 0.416 e. The normalized spacial score (nSPS) is 18.7. The SMILES string of the molecule is Cc1cccc(C)c1N1CC(C(=O)Nc2cc(C#N)cc(C(F)(F)F)c2)(C(C)C)CC1=O. The minimum atomic E-state index is -4.66. The molecule has 32 heavy (non-hydrogen) atoms. The molecule has 0 aliphatic carbocycles. The molecule has 2 aromatic carbocycles. The van der Waals surface area contributed by atoms with Crippen LogP contribution in [0.2, 0.25) is 0 Å². The van der Waals surface area contributed by atoms with Crippen molar-refractivity contribution in [3.63, 3.8) is 0 Å². The second kappa shape index (κ2) is 8.30. The highest BCUT2D eigenvalue weighted by Crippen LogP contribution is 2.43. The molecule has 0 aromatic heterocycles. The number of rotatable bonds is 4. The summed E-state index contributed by atoms with van der Waals surface area (Å²) in [7, 11) is 0. The Morgan fingerprint density at radius 3 is 2.34 bits per heavy atom. The molecule has 3 rings (SSSR count). The molecule has 1 saturated heterocycles. The maximum atomic E-state index is 13.4. The monoisotopic (exact) mass is 443 g/mol. The number of nitrogens with zero attached hydrogens (tertiary/aromatic N) is 2. The number of amides is 2. The lowest BCUT2D eigenvalue weighted by atomic mass is 9.75. The molecule has 0 saturated carbocycles. The lowest BCUT2D eigenvalue weighted by Crippen LogP contribution is -2.43. The van der Waals surface area contributed by atoms with E-state index < -0.39 is 23.1 Å². The summed E-state index contributed by atoms with van der Waals surface area (Å²) in [6, 6.07) is 10.1. The van der Waals surface area contributed by atoms with Gasteiger partial charge in [-0.3, -0.25) is 9.59 Å². The second-order valence-corrected chi connectivity index (χ2v) is 8.57. The van der Waals surface area contributed by atoms with Gasteiger partial charge in [0.2, 0.25) is 11.8 Å². The summed E-state index contributed by atoms with van der Waals surface area (Å²) >= 11 is 0. The molecule has 0 bridgehead atoms. The second-order valence-electron chi connectivity index (χ2n) is 8.57. The molecule has 1 fully saturated rings. The molecular weight excluding hydrogens is 419 g/mol. The summed E-state index contributed by atoms with van der Waals surface area (Å²) < 4.78 is 39.7. The van der Waals surface area contributed by atoms with Crippen LogP contribution in [0.5, 0.6) is 0 Å². The zero-order chi connectivity index (χ0) is 23.8.